The zero-order valence-electron chi connectivity index (χ0n) is 9.89. The lowest BCUT2D eigenvalue weighted by Crippen LogP contribution is -2.00. The molecule has 0 bridgehead atoms. The van der Waals surface area contributed by atoms with E-state index < -0.39 is 0 Å². The molecule has 0 atom stereocenters. The van der Waals surface area contributed by atoms with E-state index >= 15 is 0 Å². The third-order valence-electron chi connectivity index (χ3n) is 2.11. The molecule has 0 saturated carbocycles. The molecule has 0 spiro atoms. The minimum absolute atomic E-state index is 0. The van der Waals surface area contributed by atoms with Gasteiger partial charge in [-0.3, -0.25) is 0 Å². The maximum absolute atomic E-state index is 5.45. The lowest BCUT2D eigenvalue weighted by atomic mass is 10.3. The van der Waals surface area contributed by atoms with Gasteiger partial charge in [0.25, 0.3) is 0 Å². The Bertz CT molecular complexity index is 82.7. The van der Waals surface area contributed by atoms with Gasteiger partial charge >= 0.3 is 0 Å². The van der Waals surface area contributed by atoms with Crippen LogP contribution in [0.25, 0.3) is 0 Å². The SMILES string of the molecule is C.C.CCCCOCCCCOCCCC. The van der Waals surface area contributed by atoms with Crippen molar-refractivity contribution in [2.45, 2.75) is 67.2 Å². The van der Waals surface area contributed by atoms with E-state index in [1.807, 2.05) is 0 Å². The van der Waals surface area contributed by atoms with Gasteiger partial charge in [0.15, 0.2) is 0 Å². The molecule has 0 aliphatic rings. The largest absolute Gasteiger partial charge is 0.381 e. The minimum atomic E-state index is 0. The predicted octanol–water partition coefficient (Wildman–Crippen LogP) is 4.67. The van der Waals surface area contributed by atoms with Gasteiger partial charge in [0.1, 0.15) is 0 Å². The first-order valence-electron chi connectivity index (χ1n) is 6.07. The fourth-order valence-electron chi connectivity index (χ4n) is 1.11. The van der Waals surface area contributed by atoms with Crippen LogP contribution in [0.5, 0.6) is 0 Å². The summed E-state index contributed by atoms with van der Waals surface area (Å²) in [4.78, 5) is 0. The summed E-state index contributed by atoms with van der Waals surface area (Å²) in [6.45, 7) is 8.02. The first-order valence-corrected chi connectivity index (χ1v) is 6.07. The summed E-state index contributed by atoms with van der Waals surface area (Å²) in [6, 6.07) is 0. The van der Waals surface area contributed by atoms with E-state index in [2.05, 4.69) is 13.8 Å². The summed E-state index contributed by atoms with van der Waals surface area (Å²) < 4.78 is 10.9. The molecular weight excluding hydrogens is 200 g/mol. The Hall–Kier alpha value is -0.0800. The molecule has 0 saturated heterocycles. The number of unbranched alkanes of at least 4 members (excludes halogenated alkanes) is 3. The Morgan fingerprint density at radius 3 is 1.19 bits per heavy atom. The van der Waals surface area contributed by atoms with Crippen molar-refractivity contribution in [3.8, 4) is 0 Å². The number of hydrogen-bond donors (Lipinski definition) is 0. The maximum atomic E-state index is 5.45. The lowest BCUT2D eigenvalue weighted by Gasteiger charge is -2.04. The Balaban J connectivity index is -0.000000845. The van der Waals surface area contributed by atoms with E-state index in [4.69, 9.17) is 9.47 Å². The average Bonchev–Trinajstić information content (AvgIpc) is 2.21. The molecule has 2 nitrogen and oxygen atoms in total. The van der Waals surface area contributed by atoms with Gasteiger partial charge in [-0.15, -0.1) is 0 Å². The van der Waals surface area contributed by atoms with E-state index in [0.717, 1.165) is 39.3 Å². The quantitative estimate of drug-likeness (QED) is 0.484. The molecule has 16 heavy (non-hydrogen) atoms. The molecule has 0 amide bonds. The summed E-state index contributed by atoms with van der Waals surface area (Å²) in [7, 11) is 0. The topological polar surface area (TPSA) is 18.5 Å². The number of rotatable bonds is 11. The third kappa shape index (κ3) is 19.5. The molecule has 0 aromatic heterocycles. The molecule has 0 aromatic carbocycles. The summed E-state index contributed by atoms with van der Waals surface area (Å²) >= 11 is 0. The van der Waals surface area contributed by atoms with Gasteiger partial charge in [0, 0.05) is 26.4 Å². The molecule has 0 aliphatic heterocycles. The summed E-state index contributed by atoms with van der Waals surface area (Å²) in [5.74, 6) is 0. The highest BCUT2D eigenvalue weighted by Gasteiger charge is 1.90. The highest BCUT2D eigenvalue weighted by atomic mass is 16.5. The first-order chi connectivity index (χ1) is 6.91. The minimum Gasteiger partial charge on any atom is -0.381 e. The van der Waals surface area contributed by atoms with Crippen LogP contribution in [0.15, 0.2) is 0 Å². The zero-order valence-corrected chi connectivity index (χ0v) is 9.89. The van der Waals surface area contributed by atoms with Crippen molar-refractivity contribution < 1.29 is 9.47 Å². The molecule has 0 aromatic rings. The van der Waals surface area contributed by atoms with Crippen LogP contribution in [0.2, 0.25) is 0 Å². The molecule has 0 N–H and O–H groups in total. The van der Waals surface area contributed by atoms with E-state index in [0.29, 0.717) is 0 Å². The van der Waals surface area contributed by atoms with Crippen molar-refractivity contribution >= 4 is 0 Å². The fraction of sp³-hybridized carbons (Fsp3) is 1.00. The molecule has 0 radical (unpaired) electrons. The van der Waals surface area contributed by atoms with E-state index in [9.17, 15) is 0 Å². The summed E-state index contributed by atoms with van der Waals surface area (Å²) in [6.07, 6.45) is 7.09. The van der Waals surface area contributed by atoms with Crippen LogP contribution in [-0.4, -0.2) is 26.4 Å². The first kappa shape index (κ1) is 21.2. The van der Waals surface area contributed by atoms with E-state index in [1.54, 1.807) is 0 Å². The van der Waals surface area contributed by atoms with Crippen molar-refractivity contribution in [2.24, 2.45) is 0 Å². The molecule has 2 heteroatoms. The fourth-order valence-corrected chi connectivity index (χ4v) is 1.11. The van der Waals surface area contributed by atoms with Crippen molar-refractivity contribution in [2.75, 3.05) is 26.4 Å². The molecular formula is C14H34O2. The van der Waals surface area contributed by atoms with Gasteiger partial charge in [-0.05, 0) is 25.7 Å². The van der Waals surface area contributed by atoms with Crippen LogP contribution in [0.1, 0.15) is 67.2 Å². The van der Waals surface area contributed by atoms with Crippen LogP contribution < -0.4 is 0 Å². The maximum Gasteiger partial charge on any atom is 0.0466 e. The van der Waals surface area contributed by atoms with Gasteiger partial charge < -0.3 is 9.47 Å². The van der Waals surface area contributed by atoms with E-state index in [-0.39, 0.29) is 14.9 Å². The van der Waals surface area contributed by atoms with Gasteiger partial charge in [0.05, 0.1) is 0 Å². The summed E-state index contributed by atoms with van der Waals surface area (Å²) in [5, 5.41) is 0. The van der Waals surface area contributed by atoms with Gasteiger partial charge in [0.2, 0.25) is 0 Å². The Morgan fingerprint density at radius 1 is 0.562 bits per heavy atom. The van der Waals surface area contributed by atoms with Crippen molar-refractivity contribution in [3.63, 3.8) is 0 Å². The van der Waals surface area contributed by atoms with Crippen molar-refractivity contribution in [1.82, 2.24) is 0 Å². The Labute approximate surface area is 104 Å². The van der Waals surface area contributed by atoms with Crippen LogP contribution in [0.3, 0.4) is 0 Å². The normalized spacial score (nSPS) is 9.38. The molecule has 0 unspecified atom stereocenters. The Kier molecular flexibility index (Phi) is 27.0. The van der Waals surface area contributed by atoms with Gasteiger partial charge in [-0.1, -0.05) is 41.5 Å². The highest BCUT2D eigenvalue weighted by molar-refractivity contribution is 4.40. The third-order valence-corrected chi connectivity index (χ3v) is 2.11. The second-order valence-corrected chi connectivity index (χ2v) is 3.64. The average molecular weight is 234 g/mol. The molecule has 0 rings (SSSR count). The monoisotopic (exact) mass is 234 g/mol. The second-order valence-electron chi connectivity index (χ2n) is 3.64. The number of hydrogen-bond acceptors (Lipinski definition) is 2. The molecule has 0 heterocycles. The van der Waals surface area contributed by atoms with Crippen LogP contribution in [0, 0.1) is 0 Å². The van der Waals surface area contributed by atoms with E-state index in [1.165, 1.54) is 25.7 Å². The molecule has 0 fully saturated rings. The Morgan fingerprint density at radius 2 is 0.875 bits per heavy atom. The lowest BCUT2D eigenvalue weighted by molar-refractivity contribution is 0.100. The standard InChI is InChI=1S/C12H26O2.2CH4/c1-3-5-9-13-11-7-8-12-14-10-6-4-2;;/h3-12H2,1-2H3;2*1H4. The predicted molar refractivity (Wildman–Crippen MR) is 74.2 cm³/mol. The van der Waals surface area contributed by atoms with Gasteiger partial charge in [-0.2, -0.15) is 0 Å². The van der Waals surface area contributed by atoms with Crippen LogP contribution >= 0.6 is 0 Å². The van der Waals surface area contributed by atoms with Crippen LogP contribution in [-0.2, 0) is 9.47 Å². The van der Waals surface area contributed by atoms with Crippen LogP contribution in [0.4, 0.5) is 0 Å². The zero-order chi connectivity index (χ0) is 10.5. The molecule has 102 valence electrons. The smallest absolute Gasteiger partial charge is 0.0466 e. The van der Waals surface area contributed by atoms with Crippen molar-refractivity contribution in [3.05, 3.63) is 0 Å². The highest BCUT2D eigenvalue weighted by Crippen LogP contribution is 1.95. The number of ether oxygens (including phenoxy) is 2. The second kappa shape index (κ2) is 20.3. The van der Waals surface area contributed by atoms with Crippen molar-refractivity contribution in [1.29, 1.82) is 0 Å². The van der Waals surface area contributed by atoms with Gasteiger partial charge in [-0.25, -0.2) is 0 Å². The summed E-state index contributed by atoms with van der Waals surface area (Å²) in [5.41, 5.74) is 0. The molecule has 0 aliphatic carbocycles.